The number of nitrogens with one attached hydrogen (secondary N) is 1. The van der Waals surface area contributed by atoms with Crippen molar-refractivity contribution >= 4 is 27.5 Å². The van der Waals surface area contributed by atoms with E-state index in [2.05, 4.69) is 40.0 Å². The zero-order chi connectivity index (χ0) is 13.3. The van der Waals surface area contributed by atoms with E-state index in [1.807, 2.05) is 12.1 Å². The summed E-state index contributed by atoms with van der Waals surface area (Å²) in [6, 6.07) is 6.61. The SMILES string of the molecule is CC1CN(c2ccc(C(N)=O)c(Br)c2)C(C)CN1. The largest absolute Gasteiger partial charge is 0.366 e. The molecule has 2 atom stereocenters. The fourth-order valence-corrected chi connectivity index (χ4v) is 2.83. The minimum atomic E-state index is -0.407. The molecule has 2 rings (SSSR count). The van der Waals surface area contributed by atoms with Gasteiger partial charge in [0, 0.05) is 35.3 Å². The Labute approximate surface area is 116 Å². The van der Waals surface area contributed by atoms with Crippen LogP contribution in [0.5, 0.6) is 0 Å². The van der Waals surface area contributed by atoms with Crippen molar-refractivity contribution < 1.29 is 4.79 Å². The van der Waals surface area contributed by atoms with Crippen molar-refractivity contribution in [1.82, 2.24) is 5.32 Å². The molecule has 1 aliphatic rings. The van der Waals surface area contributed by atoms with Gasteiger partial charge in [-0.15, -0.1) is 0 Å². The first kappa shape index (κ1) is 13.4. The fourth-order valence-electron chi connectivity index (χ4n) is 2.26. The molecule has 1 heterocycles. The molecule has 5 heteroatoms. The third-order valence-corrected chi connectivity index (χ3v) is 3.97. The highest BCUT2D eigenvalue weighted by Crippen LogP contribution is 2.26. The smallest absolute Gasteiger partial charge is 0.249 e. The van der Waals surface area contributed by atoms with Crippen molar-refractivity contribution in [3.8, 4) is 0 Å². The van der Waals surface area contributed by atoms with E-state index < -0.39 is 5.91 Å². The second-order valence-electron chi connectivity index (χ2n) is 4.84. The zero-order valence-corrected chi connectivity index (χ0v) is 12.2. The number of benzene rings is 1. The van der Waals surface area contributed by atoms with Gasteiger partial charge in [-0.05, 0) is 48.0 Å². The molecule has 1 aromatic rings. The van der Waals surface area contributed by atoms with Gasteiger partial charge in [0.1, 0.15) is 0 Å². The second kappa shape index (κ2) is 5.28. The van der Waals surface area contributed by atoms with Gasteiger partial charge in [-0.25, -0.2) is 0 Å². The van der Waals surface area contributed by atoms with Crippen molar-refractivity contribution in [3.63, 3.8) is 0 Å². The molecule has 0 bridgehead atoms. The molecule has 1 aliphatic heterocycles. The number of carbonyl (C=O) groups is 1. The van der Waals surface area contributed by atoms with Crippen LogP contribution < -0.4 is 16.0 Å². The predicted molar refractivity (Wildman–Crippen MR) is 76.9 cm³/mol. The van der Waals surface area contributed by atoms with Crippen LogP contribution in [0.2, 0.25) is 0 Å². The van der Waals surface area contributed by atoms with Crippen LogP contribution in [-0.2, 0) is 0 Å². The number of hydrogen-bond acceptors (Lipinski definition) is 3. The van der Waals surface area contributed by atoms with Crippen molar-refractivity contribution in [3.05, 3.63) is 28.2 Å². The molecule has 0 spiro atoms. The zero-order valence-electron chi connectivity index (χ0n) is 10.6. The maximum absolute atomic E-state index is 11.2. The van der Waals surface area contributed by atoms with Gasteiger partial charge in [0.25, 0.3) is 0 Å². The maximum Gasteiger partial charge on any atom is 0.249 e. The molecular formula is C13H18BrN3O. The molecular weight excluding hydrogens is 294 g/mol. The maximum atomic E-state index is 11.2. The summed E-state index contributed by atoms with van der Waals surface area (Å²) in [6.45, 7) is 6.29. The Hall–Kier alpha value is -1.07. The number of amides is 1. The Morgan fingerprint density at radius 1 is 1.50 bits per heavy atom. The molecule has 0 radical (unpaired) electrons. The van der Waals surface area contributed by atoms with Gasteiger partial charge in [-0.2, -0.15) is 0 Å². The summed E-state index contributed by atoms with van der Waals surface area (Å²) in [4.78, 5) is 13.5. The minimum absolute atomic E-state index is 0.407. The van der Waals surface area contributed by atoms with E-state index in [-0.39, 0.29) is 0 Å². The summed E-state index contributed by atoms with van der Waals surface area (Å²) >= 11 is 3.41. The van der Waals surface area contributed by atoms with Crippen LogP contribution in [0.1, 0.15) is 24.2 Å². The Morgan fingerprint density at radius 3 is 2.83 bits per heavy atom. The van der Waals surface area contributed by atoms with E-state index in [0.717, 1.165) is 23.2 Å². The van der Waals surface area contributed by atoms with Gasteiger partial charge in [0.15, 0.2) is 0 Å². The van der Waals surface area contributed by atoms with Crippen LogP contribution >= 0.6 is 15.9 Å². The third-order valence-electron chi connectivity index (χ3n) is 3.31. The molecule has 3 N–H and O–H groups in total. The lowest BCUT2D eigenvalue weighted by Gasteiger charge is -2.39. The lowest BCUT2D eigenvalue weighted by molar-refractivity contribution is 0.0999. The lowest BCUT2D eigenvalue weighted by Crippen LogP contribution is -2.54. The van der Waals surface area contributed by atoms with Gasteiger partial charge >= 0.3 is 0 Å². The summed E-state index contributed by atoms with van der Waals surface area (Å²) in [7, 11) is 0. The van der Waals surface area contributed by atoms with Gasteiger partial charge in [-0.3, -0.25) is 4.79 Å². The molecule has 0 aliphatic carbocycles. The van der Waals surface area contributed by atoms with Crippen molar-refractivity contribution in [2.75, 3.05) is 18.0 Å². The lowest BCUT2D eigenvalue weighted by atomic mass is 10.1. The Kier molecular flexibility index (Phi) is 3.92. The fraction of sp³-hybridized carbons (Fsp3) is 0.462. The number of piperazine rings is 1. The summed E-state index contributed by atoms with van der Waals surface area (Å²) in [6.07, 6.45) is 0. The number of rotatable bonds is 2. The molecule has 2 unspecified atom stereocenters. The van der Waals surface area contributed by atoms with Crippen LogP contribution in [-0.4, -0.2) is 31.1 Å². The normalized spacial score (nSPS) is 24.1. The third kappa shape index (κ3) is 2.67. The molecule has 1 aromatic carbocycles. The van der Waals surface area contributed by atoms with E-state index in [1.54, 1.807) is 6.07 Å². The average Bonchev–Trinajstić information content (AvgIpc) is 2.31. The monoisotopic (exact) mass is 311 g/mol. The van der Waals surface area contributed by atoms with Crippen LogP contribution in [0.15, 0.2) is 22.7 Å². The van der Waals surface area contributed by atoms with Crippen LogP contribution in [0.3, 0.4) is 0 Å². The molecule has 1 fully saturated rings. The molecule has 1 saturated heterocycles. The van der Waals surface area contributed by atoms with Crippen molar-refractivity contribution in [2.45, 2.75) is 25.9 Å². The van der Waals surface area contributed by atoms with E-state index in [0.29, 0.717) is 17.6 Å². The molecule has 4 nitrogen and oxygen atoms in total. The molecule has 18 heavy (non-hydrogen) atoms. The topological polar surface area (TPSA) is 58.4 Å². The highest BCUT2D eigenvalue weighted by Gasteiger charge is 2.23. The number of nitrogens with two attached hydrogens (primary N) is 1. The van der Waals surface area contributed by atoms with Crippen molar-refractivity contribution in [2.24, 2.45) is 5.73 Å². The van der Waals surface area contributed by atoms with E-state index in [4.69, 9.17) is 5.73 Å². The minimum Gasteiger partial charge on any atom is -0.366 e. The first-order valence-corrected chi connectivity index (χ1v) is 6.87. The van der Waals surface area contributed by atoms with Crippen LogP contribution in [0, 0.1) is 0 Å². The quantitative estimate of drug-likeness (QED) is 0.874. The number of anilines is 1. The van der Waals surface area contributed by atoms with E-state index in [1.165, 1.54) is 0 Å². The highest BCUT2D eigenvalue weighted by atomic mass is 79.9. The Bertz CT molecular complexity index is 464. The number of primary amides is 1. The average molecular weight is 312 g/mol. The molecule has 98 valence electrons. The number of hydrogen-bond donors (Lipinski definition) is 2. The first-order chi connectivity index (χ1) is 8.49. The Balaban J connectivity index is 2.28. The number of carbonyl (C=O) groups excluding carboxylic acids is 1. The Morgan fingerprint density at radius 2 is 2.22 bits per heavy atom. The molecule has 0 saturated carbocycles. The van der Waals surface area contributed by atoms with Crippen LogP contribution in [0.4, 0.5) is 5.69 Å². The van der Waals surface area contributed by atoms with Crippen molar-refractivity contribution in [1.29, 1.82) is 0 Å². The second-order valence-corrected chi connectivity index (χ2v) is 5.69. The van der Waals surface area contributed by atoms with Gasteiger partial charge in [0.2, 0.25) is 5.91 Å². The number of nitrogens with zero attached hydrogens (tertiary/aromatic N) is 1. The molecule has 0 aromatic heterocycles. The van der Waals surface area contributed by atoms with E-state index in [9.17, 15) is 4.79 Å². The van der Waals surface area contributed by atoms with Gasteiger partial charge in [0.05, 0.1) is 5.56 Å². The summed E-state index contributed by atoms with van der Waals surface area (Å²) in [5.41, 5.74) is 6.94. The summed E-state index contributed by atoms with van der Waals surface area (Å²) in [5.74, 6) is -0.407. The summed E-state index contributed by atoms with van der Waals surface area (Å²) < 4.78 is 0.755. The molecule has 1 amide bonds. The number of halogens is 1. The van der Waals surface area contributed by atoms with Crippen LogP contribution in [0.25, 0.3) is 0 Å². The van der Waals surface area contributed by atoms with E-state index >= 15 is 0 Å². The van der Waals surface area contributed by atoms with Gasteiger partial charge in [-0.1, -0.05) is 0 Å². The summed E-state index contributed by atoms with van der Waals surface area (Å²) in [5, 5.41) is 3.45. The standard InChI is InChI=1S/C13H18BrN3O/c1-8-7-17(9(2)6-16-8)10-3-4-11(13(15)18)12(14)5-10/h3-5,8-9,16H,6-7H2,1-2H3,(H2,15,18). The van der Waals surface area contributed by atoms with Gasteiger partial charge < -0.3 is 16.0 Å². The highest BCUT2D eigenvalue weighted by molar-refractivity contribution is 9.10. The predicted octanol–water partition coefficient (Wildman–Crippen LogP) is 1.73. The first-order valence-electron chi connectivity index (χ1n) is 6.08.